The van der Waals surface area contributed by atoms with Crippen molar-refractivity contribution in [3.05, 3.63) is 109 Å². The van der Waals surface area contributed by atoms with Crippen LogP contribution in [0.3, 0.4) is 0 Å². The molecule has 0 aliphatic rings. The van der Waals surface area contributed by atoms with E-state index in [0.717, 1.165) is 0 Å². The fourth-order valence-corrected chi connectivity index (χ4v) is 4.18. The second kappa shape index (κ2) is 10.9. The number of carbonyl (C=O) groups excluding carboxylic acids is 1. The van der Waals surface area contributed by atoms with Crippen molar-refractivity contribution in [2.45, 2.75) is 32.4 Å². The van der Waals surface area contributed by atoms with E-state index in [1.807, 2.05) is 0 Å². The van der Waals surface area contributed by atoms with Gasteiger partial charge in [-0.05, 0) is 69.3 Å². The summed E-state index contributed by atoms with van der Waals surface area (Å²) in [7, 11) is 0. The Morgan fingerprint density at radius 1 is 1.18 bits per heavy atom. The fourth-order valence-electron chi connectivity index (χ4n) is 3.68. The lowest BCUT2D eigenvalue weighted by Gasteiger charge is -2.24. The van der Waals surface area contributed by atoms with Crippen molar-refractivity contribution in [3.63, 3.8) is 0 Å². The van der Waals surface area contributed by atoms with Gasteiger partial charge in [-0.2, -0.15) is 0 Å². The molecular formula is C26H22BrClFN5O4. The minimum Gasteiger partial charge on any atom is -0.450 e. The summed E-state index contributed by atoms with van der Waals surface area (Å²) in [6.07, 6.45) is 1.67. The first-order chi connectivity index (χ1) is 17.9. The number of nitro groups is 1. The van der Waals surface area contributed by atoms with E-state index in [1.165, 1.54) is 53.2 Å². The van der Waals surface area contributed by atoms with Gasteiger partial charge in [0.15, 0.2) is 0 Å². The molecule has 1 aromatic heterocycles. The summed E-state index contributed by atoms with van der Waals surface area (Å²) in [5.41, 5.74) is 0.120. The number of halogens is 3. The number of carbonyl (C=O) groups is 1. The smallest absolute Gasteiger partial charge is 0.313 e. The molecule has 4 aromatic rings. The van der Waals surface area contributed by atoms with E-state index in [0.29, 0.717) is 27.0 Å². The summed E-state index contributed by atoms with van der Waals surface area (Å²) in [6.45, 7) is 5.36. The van der Waals surface area contributed by atoms with Crippen LogP contribution in [0.2, 0.25) is 5.02 Å². The molecule has 196 valence electrons. The Bertz CT molecular complexity index is 1510. The Morgan fingerprint density at radius 2 is 1.89 bits per heavy atom. The first-order valence-corrected chi connectivity index (χ1v) is 12.5. The number of aromatic nitrogens is 3. The van der Waals surface area contributed by atoms with Gasteiger partial charge in [0.25, 0.3) is 5.91 Å². The van der Waals surface area contributed by atoms with Gasteiger partial charge in [0, 0.05) is 26.7 Å². The van der Waals surface area contributed by atoms with Gasteiger partial charge in [-0.15, -0.1) is 5.10 Å². The minimum atomic E-state index is -0.896. The Morgan fingerprint density at radius 3 is 2.55 bits per heavy atom. The molecule has 0 unspecified atom stereocenters. The largest absolute Gasteiger partial charge is 0.450 e. The molecule has 3 aromatic carbocycles. The molecule has 0 fully saturated rings. The molecular weight excluding hydrogens is 581 g/mol. The van der Waals surface area contributed by atoms with Crippen LogP contribution in [-0.2, 0) is 5.54 Å². The number of nitrogens with one attached hydrogen (secondary N) is 1. The highest BCUT2D eigenvalue weighted by atomic mass is 79.9. The molecule has 0 aliphatic carbocycles. The number of nitro benzene ring substituents is 1. The molecule has 0 aliphatic heterocycles. The van der Waals surface area contributed by atoms with Crippen LogP contribution >= 0.6 is 27.5 Å². The van der Waals surface area contributed by atoms with E-state index in [-0.39, 0.29) is 28.2 Å². The monoisotopic (exact) mass is 601 g/mol. The Hall–Kier alpha value is -3.83. The number of nitrogens with zero attached hydrogens (tertiary/aromatic N) is 4. The van der Waals surface area contributed by atoms with Crippen molar-refractivity contribution in [3.8, 4) is 11.5 Å². The number of hydrogen-bond acceptors (Lipinski definition) is 6. The predicted octanol–water partition coefficient (Wildman–Crippen LogP) is 6.81. The number of rotatable bonds is 8. The van der Waals surface area contributed by atoms with Crippen molar-refractivity contribution >= 4 is 39.1 Å². The van der Waals surface area contributed by atoms with Crippen molar-refractivity contribution in [1.29, 1.82) is 0 Å². The number of ether oxygens (including phenoxy) is 1. The zero-order valence-corrected chi connectivity index (χ0v) is 22.8. The van der Waals surface area contributed by atoms with Gasteiger partial charge in [-0.1, -0.05) is 38.8 Å². The second-order valence-electron chi connectivity index (χ2n) is 9.00. The fraction of sp³-hybridized carbons (Fsp3) is 0.192. The number of benzene rings is 3. The van der Waals surface area contributed by atoms with Crippen LogP contribution < -0.4 is 10.1 Å². The third kappa shape index (κ3) is 6.00. The quantitative estimate of drug-likeness (QED) is 0.175. The lowest BCUT2D eigenvalue weighted by Crippen LogP contribution is -2.41. The molecule has 0 spiro atoms. The van der Waals surface area contributed by atoms with Crippen molar-refractivity contribution in [2.75, 3.05) is 0 Å². The average Bonchev–Trinajstić information content (AvgIpc) is 3.36. The standard InChI is InChI=1S/C26H22BrClFN5O4/c1-15(20-10-6-17(27)12-21(20)29)33-14-24(31-32-33)26(2,3)30-25(35)16-4-8-19(9-5-16)38-23-11-7-18(28)13-22(23)34(36)37/h4-15H,1-3H3,(H,30,35)/t15-/m0/s1. The van der Waals surface area contributed by atoms with Gasteiger partial charge in [0.1, 0.15) is 17.3 Å². The summed E-state index contributed by atoms with van der Waals surface area (Å²) < 4.78 is 22.2. The van der Waals surface area contributed by atoms with Crippen molar-refractivity contribution in [2.24, 2.45) is 0 Å². The van der Waals surface area contributed by atoms with Crippen LogP contribution in [0.1, 0.15) is 48.4 Å². The molecule has 9 nitrogen and oxygen atoms in total. The van der Waals surface area contributed by atoms with Gasteiger partial charge in [0.05, 0.1) is 22.7 Å². The molecule has 1 atom stereocenters. The van der Waals surface area contributed by atoms with E-state index in [1.54, 1.807) is 39.1 Å². The van der Waals surface area contributed by atoms with Crippen LogP contribution in [0.15, 0.2) is 71.3 Å². The van der Waals surface area contributed by atoms with Crippen molar-refractivity contribution < 1.29 is 18.8 Å². The highest BCUT2D eigenvalue weighted by Gasteiger charge is 2.28. The normalized spacial score (nSPS) is 12.2. The SMILES string of the molecule is C[C@@H](c1ccc(Br)cc1F)n1cc(C(C)(C)NC(=O)c2ccc(Oc3ccc(Cl)cc3[N+](=O)[O-])cc2)nn1. The molecule has 12 heteroatoms. The summed E-state index contributed by atoms with van der Waals surface area (Å²) in [5.74, 6) is -0.406. The Balaban J connectivity index is 1.45. The Labute approximate surface area is 230 Å². The van der Waals surface area contributed by atoms with E-state index >= 15 is 0 Å². The lowest BCUT2D eigenvalue weighted by molar-refractivity contribution is -0.385. The van der Waals surface area contributed by atoms with Crippen LogP contribution in [0.5, 0.6) is 11.5 Å². The van der Waals surface area contributed by atoms with E-state index in [2.05, 4.69) is 31.6 Å². The van der Waals surface area contributed by atoms with E-state index in [9.17, 15) is 19.3 Å². The molecule has 0 bridgehead atoms. The average molecular weight is 603 g/mol. The number of hydrogen-bond donors (Lipinski definition) is 1. The summed E-state index contributed by atoms with van der Waals surface area (Å²) in [4.78, 5) is 23.7. The summed E-state index contributed by atoms with van der Waals surface area (Å²) >= 11 is 9.09. The number of amides is 1. The molecule has 1 heterocycles. The van der Waals surface area contributed by atoms with Gasteiger partial charge < -0.3 is 10.1 Å². The van der Waals surface area contributed by atoms with Crippen LogP contribution in [0, 0.1) is 15.9 Å². The zero-order chi connectivity index (χ0) is 27.6. The molecule has 1 N–H and O–H groups in total. The van der Waals surface area contributed by atoms with Gasteiger partial charge in [-0.3, -0.25) is 14.9 Å². The maximum atomic E-state index is 14.4. The van der Waals surface area contributed by atoms with Crippen LogP contribution in [0.4, 0.5) is 10.1 Å². The molecule has 38 heavy (non-hydrogen) atoms. The summed E-state index contributed by atoms with van der Waals surface area (Å²) in [5, 5.41) is 22.8. The van der Waals surface area contributed by atoms with E-state index in [4.69, 9.17) is 16.3 Å². The minimum absolute atomic E-state index is 0.0260. The topological polar surface area (TPSA) is 112 Å². The van der Waals surface area contributed by atoms with Gasteiger partial charge in [-0.25, -0.2) is 9.07 Å². The highest BCUT2D eigenvalue weighted by Crippen LogP contribution is 2.33. The second-order valence-corrected chi connectivity index (χ2v) is 10.4. The van der Waals surface area contributed by atoms with Gasteiger partial charge >= 0.3 is 5.69 Å². The maximum absolute atomic E-state index is 14.4. The first-order valence-electron chi connectivity index (χ1n) is 11.4. The van der Waals surface area contributed by atoms with Crippen LogP contribution in [-0.4, -0.2) is 25.8 Å². The molecule has 0 saturated heterocycles. The van der Waals surface area contributed by atoms with Crippen molar-refractivity contribution in [1.82, 2.24) is 20.3 Å². The van der Waals surface area contributed by atoms with Gasteiger partial charge in [0.2, 0.25) is 5.75 Å². The van der Waals surface area contributed by atoms with Crippen LogP contribution in [0.25, 0.3) is 0 Å². The third-order valence-electron chi connectivity index (χ3n) is 5.85. The predicted molar refractivity (Wildman–Crippen MR) is 143 cm³/mol. The first kappa shape index (κ1) is 27.2. The molecule has 0 radical (unpaired) electrons. The molecule has 1 amide bonds. The molecule has 0 saturated carbocycles. The third-order valence-corrected chi connectivity index (χ3v) is 6.58. The zero-order valence-electron chi connectivity index (χ0n) is 20.5. The van der Waals surface area contributed by atoms with E-state index < -0.39 is 16.5 Å². The lowest BCUT2D eigenvalue weighted by atomic mass is 10.0. The highest BCUT2D eigenvalue weighted by molar-refractivity contribution is 9.10. The Kier molecular flexibility index (Phi) is 7.79. The maximum Gasteiger partial charge on any atom is 0.313 e. The summed E-state index contributed by atoms with van der Waals surface area (Å²) in [6, 6.07) is 14.6. The molecule has 4 rings (SSSR count).